The highest BCUT2D eigenvalue weighted by molar-refractivity contribution is 6.40. The summed E-state index contributed by atoms with van der Waals surface area (Å²) in [6.07, 6.45) is 2.97. The maximum atomic E-state index is 13.2. The molecule has 0 aliphatic heterocycles. The molecular weight excluding hydrogens is 352 g/mol. The van der Waals surface area contributed by atoms with Crippen LogP contribution in [-0.2, 0) is 4.79 Å². The second-order valence-corrected chi connectivity index (χ2v) is 5.23. The number of aromatic hydroxyl groups is 1. The Morgan fingerprint density at radius 2 is 1.46 bits per heavy atom. The van der Waals surface area contributed by atoms with Crippen LogP contribution in [0.4, 0.5) is 11.4 Å². The van der Waals surface area contributed by atoms with Gasteiger partial charge in [-0.2, -0.15) is 4.57 Å². The first-order valence-electron chi connectivity index (χ1n) is 7.64. The lowest BCUT2D eigenvalue weighted by atomic mass is 10.2. The molecule has 7 heteroatoms. The summed E-state index contributed by atoms with van der Waals surface area (Å²) in [6, 6.07) is 21.5. The number of aromatic nitrogens is 1. The molecule has 132 valence electrons. The van der Waals surface area contributed by atoms with Crippen LogP contribution >= 0.6 is 0 Å². The van der Waals surface area contributed by atoms with Crippen molar-refractivity contribution in [3.8, 4) is 5.75 Å². The fraction of sp³-hybridized carbons (Fsp3) is 0. The number of rotatable bonds is 2. The lowest BCUT2D eigenvalue weighted by Gasteiger charge is -2.21. The first-order chi connectivity index (χ1) is 12.2. The largest absolute Gasteiger partial charge is 1.00 e. The van der Waals surface area contributed by atoms with Gasteiger partial charge in [0.15, 0.2) is 5.75 Å². The highest BCUT2D eigenvalue weighted by atomic mass is 35.5. The molecule has 1 heterocycles. The van der Waals surface area contributed by atoms with E-state index in [1.165, 1.54) is 21.7 Å². The van der Waals surface area contributed by atoms with Crippen LogP contribution in [0, 0.1) is 0 Å². The second kappa shape index (κ2) is 8.64. The van der Waals surface area contributed by atoms with Gasteiger partial charge in [-0.15, -0.1) is 0 Å². The average Bonchev–Trinajstić information content (AvgIpc) is 2.64. The third-order valence-electron chi connectivity index (χ3n) is 3.58. The van der Waals surface area contributed by atoms with Gasteiger partial charge in [0.2, 0.25) is 0 Å². The number of halogens is 1. The number of nitrogens with two attached hydrogens (primary N) is 1. The Labute approximate surface area is 157 Å². The Bertz CT molecular complexity index is 862. The molecule has 0 spiro atoms. The summed E-state index contributed by atoms with van der Waals surface area (Å²) in [5.74, 6) is 5.04. The second-order valence-electron chi connectivity index (χ2n) is 5.23. The maximum Gasteiger partial charge on any atom is 0.418 e. The van der Waals surface area contributed by atoms with E-state index < -0.39 is 5.91 Å². The molecule has 1 aromatic heterocycles. The third-order valence-corrected chi connectivity index (χ3v) is 3.58. The first kappa shape index (κ1) is 19.0. The number of benzene rings is 2. The van der Waals surface area contributed by atoms with Crippen LogP contribution in [0.3, 0.4) is 0 Å². The Morgan fingerprint density at radius 3 is 1.92 bits per heavy atom. The topological polar surface area (TPSA) is 82.8 Å². The predicted molar refractivity (Wildman–Crippen MR) is 95.4 cm³/mol. The van der Waals surface area contributed by atoms with E-state index in [0.717, 1.165) is 0 Å². The molecule has 2 aromatic carbocycles. The molecule has 3 N–H and O–H groups in total. The Hall–Kier alpha value is -3.38. The van der Waals surface area contributed by atoms with Crippen molar-refractivity contribution >= 4 is 23.1 Å². The number of carbonyl (C=O) groups excluding carboxylic acids is 1. The van der Waals surface area contributed by atoms with Crippen molar-refractivity contribution in [2.24, 2.45) is 10.9 Å². The Balaban J connectivity index is 0.00000243. The van der Waals surface area contributed by atoms with Crippen LogP contribution in [0.15, 0.2) is 90.3 Å². The van der Waals surface area contributed by atoms with Crippen molar-refractivity contribution < 1.29 is 26.9 Å². The maximum absolute atomic E-state index is 13.2. The van der Waals surface area contributed by atoms with Crippen molar-refractivity contribution in [3.05, 3.63) is 85.2 Å². The molecule has 3 rings (SSSR count). The smallest absolute Gasteiger partial charge is 0.418 e. The summed E-state index contributed by atoms with van der Waals surface area (Å²) in [7, 11) is 0. The Morgan fingerprint density at radius 1 is 0.923 bits per heavy atom. The molecule has 0 aliphatic rings. The number of hydrogen-bond acceptors (Lipinski definition) is 4. The molecule has 0 bridgehead atoms. The molecule has 0 fully saturated rings. The molecule has 0 saturated heterocycles. The van der Waals surface area contributed by atoms with E-state index >= 15 is 0 Å². The van der Waals surface area contributed by atoms with Gasteiger partial charge in [0.25, 0.3) is 0 Å². The van der Waals surface area contributed by atoms with Crippen LogP contribution in [0.1, 0.15) is 0 Å². The van der Waals surface area contributed by atoms with E-state index in [1.54, 1.807) is 12.3 Å². The zero-order valence-electron chi connectivity index (χ0n) is 13.7. The molecular formula is C19H17ClN4O2. The normalized spacial score (nSPS) is 10.7. The summed E-state index contributed by atoms with van der Waals surface area (Å²) in [4.78, 5) is 14.7. The fourth-order valence-electron chi connectivity index (χ4n) is 2.46. The predicted octanol–water partition coefficient (Wildman–Crippen LogP) is -0.831. The number of carbonyl (C=O) groups is 1. The van der Waals surface area contributed by atoms with Gasteiger partial charge in [-0.3, -0.25) is 9.69 Å². The van der Waals surface area contributed by atoms with Gasteiger partial charge in [0.1, 0.15) is 6.20 Å². The van der Waals surface area contributed by atoms with Gasteiger partial charge in [0.05, 0.1) is 11.3 Å². The van der Waals surface area contributed by atoms with Crippen LogP contribution in [0.2, 0.25) is 0 Å². The zero-order chi connectivity index (χ0) is 17.6. The average molecular weight is 369 g/mol. The zero-order valence-corrected chi connectivity index (χ0v) is 14.5. The molecule has 0 atom stereocenters. The molecule has 6 nitrogen and oxygen atoms in total. The molecule has 0 saturated carbocycles. The molecule has 0 aliphatic carbocycles. The molecule has 1 amide bonds. The van der Waals surface area contributed by atoms with Gasteiger partial charge in [-0.05, 0) is 36.4 Å². The SMILES string of the molecule is NN=C(C(=O)N(c1ccccc1)c1ccccc1)[n+]1cccc(O)c1.[Cl-]. The molecule has 0 radical (unpaired) electrons. The summed E-state index contributed by atoms with van der Waals surface area (Å²) >= 11 is 0. The van der Waals surface area contributed by atoms with Crippen molar-refractivity contribution in [1.29, 1.82) is 0 Å². The Kier molecular flexibility index (Phi) is 6.30. The lowest BCUT2D eigenvalue weighted by Crippen LogP contribution is -3.00. The van der Waals surface area contributed by atoms with Crippen LogP contribution < -0.4 is 27.7 Å². The van der Waals surface area contributed by atoms with Crippen LogP contribution in [0.5, 0.6) is 5.75 Å². The number of pyridine rings is 1. The summed E-state index contributed by atoms with van der Waals surface area (Å²) < 4.78 is 1.39. The number of hydrazone groups is 1. The highest BCUT2D eigenvalue weighted by Gasteiger charge is 2.31. The number of para-hydroxylation sites is 2. The summed E-state index contributed by atoms with van der Waals surface area (Å²) in [6.45, 7) is 0. The van der Waals surface area contributed by atoms with E-state index in [-0.39, 0.29) is 24.0 Å². The van der Waals surface area contributed by atoms with Crippen molar-refractivity contribution in [3.63, 3.8) is 0 Å². The van der Waals surface area contributed by atoms with Crippen LogP contribution in [0.25, 0.3) is 0 Å². The van der Waals surface area contributed by atoms with Gasteiger partial charge in [0, 0.05) is 11.4 Å². The first-order valence-corrected chi connectivity index (χ1v) is 7.64. The van der Waals surface area contributed by atoms with E-state index in [2.05, 4.69) is 5.10 Å². The summed E-state index contributed by atoms with van der Waals surface area (Å²) in [5.41, 5.74) is 1.36. The van der Waals surface area contributed by atoms with E-state index in [1.807, 2.05) is 60.7 Å². The minimum Gasteiger partial charge on any atom is -1.00 e. The number of nitrogens with zero attached hydrogens (tertiary/aromatic N) is 3. The monoisotopic (exact) mass is 368 g/mol. The van der Waals surface area contributed by atoms with Crippen molar-refractivity contribution in [1.82, 2.24) is 0 Å². The number of hydrogen-bond donors (Lipinski definition) is 2. The molecule has 0 unspecified atom stereocenters. The third kappa shape index (κ3) is 3.99. The minimum absolute atomic E-state index is 0. The molecule has 26 heavy (non-hydrogen) atoms. The minimum atomic E-state index is -0.421. The van der Waals surface area contributed by atoms with Gasteiger partial charge in [-0.1, -0.05) is 36.4 Å². The quantitative estimate of drug-likeness (QED) is 0.204. The van der Waals surface area contributed by atoms with E-state index in [4.69, 9.17) is 5.84 Å². The number of amides is 1. The highest BCUT2D eigenvalue weighted by Crippen LogP contribution is 2.25. The van der Waals surface area contributed by atoms with Crippen molar-refractivity contribution in [2.75, 3.05) is 4.90 Å². The summed E-state index contributed by atoms with van der Waals surface area (Å²) in [5, 5.41) is 13.3. The van der Waals surface area contributed by atoms with Crippen LogP contribution in [-0.4, -0.2) is 16.8 Å². The van der Waals surface area contributed by atoms with Crippen molar-refractivity contribution in [2.45, 2.75) is 0 Å². The molecule has 3 aromatic rings. The number of anilines is 2. The van der Waals surface area contributed by atoms with E-state index in [9.17, 15) is 9.90 Å². The van der Waals surface area contributed by atoms with Gasteiger partial charge < -0.3 is 17.5 Å². The fourth-order valence-corrected chi connectivity index (χ4v) is 2.46. The van der Waals surface area contributed by atoms with Gasteiger partial charge >= 0.3 is 11.7 Å². The van der Waals surface area contributed by atoms with E-state index in [0.29, 0.717) is 11.4 Å². The van der Waals surface area contributed by atoms with Gasteiger partial charge in [-0.25, -0.2) is 5.84 Å². The standard InChI is InChI=1S/C19H16N4O2.ClH/c20-21-18(22-13-7-12-17(24)14-22)19(25)23(15-8-3-1-4-9-15)16-10-5-2-6-11-16;/h1-14H,(H2-,20,24,25);1H. The lowest BCUT2D eigenvalue weighted by molar-refractivity contribution is -0.554.